The van der Waals surface area contributed by atoms with Gasteiger partial charge in [0.2, 0.25) is 5.91 Å². The molecule has 1 aliphatic heterocycles. The predicted molar refractivity (Wildman–Crippen MR) is 104 cm³/mol. The number of amides is 1. The Balaban J connectivity index is 1.52. The smallest absolute Gasteiger partial charge is 0.236 e. The highest BCUT2D eigenvalue weighted by molar-refractivity contribution is 5.78. The molecule has 0 aliphatic carbocycles. The van der Waals surface area contributed by atoms with Gasteiger partial charge in [0.25, 0.3) is 0 Å². The molecule has 6 heteroatoms. The SMILES string of the molecule is CN1CCC(N(C)CC(=O)N(C)Cc2cc(-c3ccccc3)n[nH]2)CC1. The van der Waals surface area contributed by atoms with Crippen LogP contribution in [0.3, 0.4) is 0 Å². The molecule has 6 nitrogen and oxygen atoms in total. The normalized spacial score (nSPS) is 16.2. The first kappa shape index (κ1) is 18.6. The van der Waals surface area contributed by atoms with Gasteiger partial charge in [-0.05, 0) is 46.1 Å². The first-order valence-corrected chi connectivity index (χ1v) is 9.25. The van der Waals surface area contributed by atoms with Gasteiger partial charge in [0.05, 0.1) is 24.5 Å². The molecule has 0 bridgehead atoms. The van der Waals surface area contributed by atoms with Crippen molar-refractivity contribution in [2.24, 2.45) is 0 Å². The summed E-state index contributed by atoms with van der Waals surface area (Å²) in [5.41, 5.74) is 2.93. The molecule has 140 valence electrons. The maximum atomic E-state index is 12.6. The van der Waals surface area contributed by atoms with Crippen molar-refractivity contribution in [2.45, 2.75) is 25.4 Å². The van der Waals surface area contributed by atoms with Crippen LogP contribution >= 0.6 is 0 Å². The van der Waals surface area contributed by atoms with Gasteiger partial charge in [0.1, 0.15) is 0 Å². The average molecular weight is 355 g/mol. The first-order chi connectivity index (χ1) is 12.5. The summed E-state index contributed by atoms with van der Waals surface area (Å²) in [7, 11) is 6.07. The molecule has 1 aromatic heterocycles. The van der Waals surface area contributed by atoms with E-state index in [1.807, 2.05) is 43.4 Å². The van der Waals surface area contributed by atoms with Crippen molar-refractivity contribution in [3.8, 4) is 11.3 Å². The van der Waals surface area contributed by atoms with Gasteiger partial charge in [-0.2, -0.15) is 5.10 Å². The van der Waals surface area contributed by atoms with Crippen LogP contribution in [0.2, 0.25) is 0 Å². The molecule has 2 heterocycles. The Morgan fingerprint density at radius 1 is 1.23 bits per heavy atom. The number of nitrogens with zero attached hydrogens (tertiary/aromatic N) is 4. The van der Waals surface area contributed by atoms with Crippen molar-refractivity contribution in [1.82, 2.24) is 24.9 Å². The van der Waals surface area contributed by atoms with E-state index in [1.54, 1.807) is 4.90 Å². The van der Waals surface area contributed by atoms with Crippen molar-refractivity contribution in [2.75, 3.05) is 40.8 Å². The summed E-state index contributed by atoms with van der Waals surface area (Å²) in [6, 6.07) is 12.6. The van der Waals surface area contributed by atoms with Crippen molar-refractivity contribution < 1.29 is 4.79 Å². The number of H-pyrrole nitrogens is 1. The molecule has 26 heavy (non-hydrogen) atoms. The van der Waals surface area contributed by atoms with Gasteiger partial charge in [0.15, 0.2) is 0 Å². The number of benzene rings is 1. The van der Waals surface area contributed by atoms with Gasteiger partial charge in [-0.15, -0.1) is 0 Å². The molecule has 1 fully saturated rings. The third-order valence-electron chi connectivity index (χ3n) is 5.23. The van der Waals surface area contributed by atoms with Crippen molar-refractivity contribution in [3.63, 3.8) is 0 Å². The number of carbonyl (C=O) groups is 1. The maximum absolute atomic E-state index is 12.6. The van der Waals surface area contributed by atoms with Crippen molar-refractivity contribution in [3.05, 3.63) is 42.1 Å². The van der Waals surface area contributed by atoms with E-state index in [0.717, 1.165) is 42.9 Å². The van der Waals surface area contributed by atoms with Gasteiger partial charge < -0.3 is 9.80 Å². The predicted octanol–water partition coefficient (Wildman–Crippen LogP) is 2.06. The zero-order valence-corrected chi connectivity index (χ0v) is 16.0. The number of hydrogen-bond acceptors (Lipinski definition) is 4. The minimum atomic E-state index is 0.141. The van der Waals surface area contributed by atoms with Crippen LogP contribution in [0.5, 0.6) is 0 Å². The van der Waals surface area contributed by atoms with Crippen LogP contribution in [0.4, 0.5) is 0 Å². The Morgan fingerprint density at radius 3 is 2.62 bits per heavy atom. The molecule has 1 amide bonds. The lowest BCUT2D eigenvalue weighted by Gasteiger charge is -2.35. The van der Waals surface area contributed by atoms with Crippen LogP contribution in [0, 0.1) is 0 Å². The van der Waals surface area contributed by atoms with E-state index in [2.05, 4.69) is 34.1 Å². The van der Waals surface area contributed by atoms with Crippen LogP contribution in [0.15, 0.2) is 36.4 Å². The summed E-state index contributed by atoms with van der Waals surface area (Å²) in [5, 5.41) is 7.41. The van der Waals surface area contributed by atoms with Crippen LogP contribution < -0.4 is 0 Å². The number of likely N-dealkylation sites (N-methyl/N-ethyl adjacent to an activating group) is 2. The molecule has 0 spiro atoms. The zero-order valence-electron chi connectivity index (χ0n) is 16.0. The lowest BCUT2D eigenvalue weighted by Crippen LogP contribution is -2.45. The van der Waals surface area contributed by atoms with Crippen molar-refractivity contribution >= 4 is 5.91 Å². The molecule has 1 aliphatic rings. The topological polar surface area (TPSA) is 55.5 Å². The fraction of sp³-hybridized carbons (Fsp3) is 0.500. The molecule has 0 radical (unpaired) electrons. The third-order valence-corrected chi connectivity index (χ3v) is 5.23. The highest BCUT2D eigenvalue weighted by Gasteiger charge is 2.23. The second-order valence-corrected chi connectivity index (χ2v) is 7.34. The van der Waals surface area contributed by atoms with Gasteiger partial charge >= 0.3 is 0 Å². The number of piperidine rings is 1. The number of carbonyl (C=O) groups excluding carboxylic acids is 1. The van der Waals surface area contributed by atoms with E-state index < -0.39 is 0 Å². The Kier molecular flexibility index (Phi) is 6.06. The minimum Gasteiger partial charge on any atom is -0.339 e. The number of aromatic nitrogens is 2. The fourth-order valence-electron chi connectivity index (χ4n) is 3.44. The standard InChI is InChI=1S/C20H29N5O/c1-23-11-9-18(10-12-23)24(2)15-20(26)25(3)14-17-13-19(22-21-17)16-7-5-4-6-8-16/h4-8,13,18H,9-12,14-15H2,1-3H3,(H,21,22). The van der Waals surface area contributed by atoms with Crippen LogP contribution in [0.25, 0.3) is 11.3 Å². The average Bonchev–Trinajstić information content (AvgIpc) is 3.11. The molecule has 1 N–H and O–H groups in total. The molecule has 1 aromatic carbocycles. The largest absolute Gasteiger partial charge is 0.339 e. The lowest BCUT2D eigenvalue weighted by molar-refractivity contribution is -0.132. The fourth-order valence-corrected chi connectivity index (χ4v) is 3.44. The first-order valence-electron chi connectivity index (χ1n) is 9.25. The van der Waals surface area contributed by atoms with Crippen LogP contribution in [-0.2, 0) is 11.3 Å². The monoisotopic (exact) mass is 355 g/mol. The number of hydrogen-bond donors (Lipinski definition) is 1. The Morgan fingerprint density at radius 2 is 1.92 bits per heavy atom. The van der Waals surface area contributed by atoms with E-state index in [1.165, 1.54) is 0 Å². The summed E-state index contributed by atoms with van der Waals surface area (Å²) in [4.78, 5) is 18.9. The molecule has 1 saturated heterocycles. The summed E-state index contributed by atoms with van der Waals surface area (Å²) < 4.78 is 0. The Labute approximate surface area is 155 Å². The number of nitrogens with one attached hydrogen (secondary N) is 1. The molecular weight excluding hydrogens is 326 g/mol. The highest BCUT2D eigenvalue weighted by Crippen LogP contribution is 2.18. The quantitative estimate of drug-likeness (QED) is 0.862. The van der Waals surface area contributed by atoms with E-state index in [-0.39, 0.29) is 5.91 Å². The lowest BCUT2D eigenvalue weighted by atomic mass is 10.0. The molecule has 0 saturated carbocycles. The minimum absolute atomic E-state index is 0.141. The van der Waals surface area contributed by atoms with Gasteiger partial charge in [0, 0.05) is 18.7 Å². The summed E-state index contributed by atoms with van der Waals surface area (Å²) >= 11 is 0. The highest BCUT2D eigenvalue weighted by atomic mass is 16.2. The number of likely N-dealkylation sites (tertiary alicyclic amines) is 1. The summed E-state index contributed by atoms with van der Waals surface area (Å²) in [5.74, 6) is 0.141. The van der Waals surface area contributed by atoms with Gasteiger partial charge in [-0.1, -0.05) is 30.3 Å². The van der Waals surface area contributed by atoms with Crippen LogP contribution in [-0.4, -0.2) is 77.6 Å². The second-order valence-electron chi connectivity index (χ2n) is 7.34. The molecule has 0 atom stereocenters. The number of rotatable bonds is 6. The van der Waals surface area contributed by atoms with E-state index in [0.29, 0.717) is 19.1 Å². The maximum Gasteiger partial charge on any atom is 0.236 e. The second kappa shape index (κ2) is 8.47. The Bertz CT molecular complexity index is 706. The summed E-state index contributed by atoms with van der Waals surface area (Å²) in [6.45, 7) is 3.22. The summed E-state index contributed by atoms with van der Waals surface area (Å²) in [6.07, 6.45) is 2.26. The van der Waals surface area contributed by atoms with Crippen molar-refractivity contribution in [1.29, 1.82) is 0 Å². The molecule has 2 aromatic rings. The van der Waals surface area contributed by atoms with E-state index in [9.17, 15) is 4.79 Å². The zero-order chi connectivity index (χ0) is 18.5. The Hall–Kier alpha value is -2.18. The third kappa shape index (κ3) is 4.71. The van der Waals surface area contributed by atoms with Gasteiger partial charge in [-0.25, -0.2) is 0 Å². The van der Waals surface area contributed by atoms with Crippen LogP contribution in [0.1, 0.15) is 18.5 Å². The molecule has 3 rings (SSSR count). The van der Waals surface area contributed by atoms with E-state index >= 15 is 0 Å². The molecule has 0 unspecified atom stereocenters. The van der Waals surface area contributed by atoms with Gasteiger partial charge in [-0.3, -0.25) is 14.8 Å². The van der Waals surface area contributed by atoms with E-state index in [4.69, 9.17) is 0 Å². The molecular formula is C20H29N5O. The number of aromatic amines is 1.